The van der Waals surface area contributed by atoms with E-state index in [9.17, 15) is 0 Å². The van der Waals surface area contributed by atoms with Crippen molar-refractivity contribution >= 4 is 17.1 Å². The van der Waals surface area contributed by atoms with Crippen LogP contribution in [0.3, 0.4) is 0 Å². The van der Waals surface area contributed by atoms with Crippen molar-refractivity contribution in [2.24, 2.45) is 0 Å². The molecule has 0 saturated carbocycles. The van der Waals surface area contributed by atoms with E-state index in [1.165, 1.54) is 33.4 Å². The van der Waals surface area contributed by atoms with Crippen molar-refractivity contribution in [2.75, 3.05) is 4.90 Å². The van der Waals surface area contributed by atoms with Crippen molar-refractivity contribution < 1.29 is 4.74 Å². The summed E-state index contributed by atoms with van der Waals surface area (Å²) in [6.45, 7) is 4.46. The van der Waals surface area contributed by atoms with Crippen molar-refractivity contribution in [3.8, 4) is 33.8 Å². The Bertz CT molecular complexity index is 1500. The van der Waals surface area contributed by atoms with Crippen LogP contribution in [0, 0.1) is 0 Å². The predicted octanol–water partition coefficient (Wildman–Crippen LogP) is 10.5. The molecule has 0 spiro atoms. The number of aryl methyl sites for hydroxylation is 2. The highest BCUT2D eigenvalue weighted by atomic mass is 16.5. The maximum atomic E-state index is 6.26. The van der Waals surface area contributed by atoms with Crippen LogP contribution in [0.1, 0.15) is 37.8 Å². The van der Waals surface area contributed by atoms with Gasteiger partial charge in [-0.05, 0) is 82.6 Å². The molecule has 1 aliphatic heterocycles. The van der Waals surface area contributed by atoms with Gasteiger partial charge in [0, 0.05) is 5.69 Å². The number of ether oxygens (including phenoxy) is 1. The second kappa shape index (κ2) is 10.6. The van der Waals surface area contributed by atoms with Gasteiger partial charge in [0.1, 0.15) is 0 Å². The van der Waals surface area contributed by atoms with E-state index < -0.39 is 0 Å². The molecule has 0 unspecified atom stereocenters. The number of benzene rings is 5. The number of rotatable bonds is 7. The zero-order valence-corrected chi connectivity index (χ0v) is 22.2. The lowest BCUT2D eigenvalue weighted by atomic mass is 9.92. The maximum absolute atomic E-state index is 6.26. The van der Waals surface area contributed by atoms with Crippen LogP contribution in [0.4, 0.5) is 17.1 Å². The van der Waals surface area contributed by atoms with Crippen LogP contribution < -0.4 is 9.64 Å². The molecule has 2 nitrogen and oxygen atoms in total. The molecule has 0 bridgehead atoms. The lowest BCUT2D eigenvalue weighted by molar-refractivity contribution is 0.477. The quantitative estimate of drug-likeness (QED) is 0.218. The lowest BCUT2D eigenvalue weighted by Gasteiger charge is -2.33. The normalized spacial score (nSPS) is 12.0. The van der Waals surface area contributed by atoms with Crippen LogP contribution in [0.15, 0.2) is 115 Å². The van der Waals surface area contributed by atoms with Crippen LogP contribution in [0.5, 0.6) is 11.5 Å². The summed E-state index contributed by atoms with van der Waals surface area (Å²) in [6, 6.07) is 41.6. The Balaban J connectivity index is 1.51. The number of fused-ring (bicyclic) bond motifs is 2. The Morgan fingerprint density at radius 2 is 1.03 bits per heavy atom. The standard InChI is InChI=1S/C36H33NO/c1-3-9-26-15-19-28(20-16-26)31-24-23-30(25-32(31)29-21-17-27(10-4-2)18-22-29)37-33-11-5-7-13-35(33)38-36-14-8-6-12-34(36)37/h5-8,11-25H,3-4,9-10H2,1-2H3. The highest BCUT2D eigenvalue weighted by Crippen LogP contribution is 2.51. The Morgan fingerprint density at radius 3 is 1.55 bits per heavy atom. The molecule has 5 aromatic rings. The average Bonchev–Trinajstić information content (AvgIpc) is 2.97. The Morgan fingerprint density at radius 1 is 0.526 bits per heavy atom. The number of anilines is 3. The molecule has 6 rings (SSSR count). The molecule has 0 fully saturated rings. The molecule has 38 heavy (non-hydrogen) atoms. The summed E-state index contributed by atoms with van der Waals surface area (Å²) in [6.07, 6.45) is 4.53. The molecule has 1 aliphatic rings. The summed E-state index contributed by atoms with van der Waals surface area (Å²) < 4.78 is 6.26. The van der Waals surface area contributed by atoms with Gasteiger partial charge in [0.2, 0.25) is 0 Å². The minimum atomic E-state index is 0.868. The van der Waals surface area contributed by atoms with Gasteiger partial charge < -0.3 is 9.64 Å². The van der Waals surface area contributed by atoms with Crippen molar-refractivity contribution in [2.45, 2.75) is 39.5 Å². The predicted molar refractivity (Wildman–Crippen MR) is 160 cm³/mol. The molecule has 1 heterocycles. The second-order valence-corrected chi connectivity index (χ2v) is 10.00. The Kier molecular flexibility index (Phi) is 6.71. The third-order valence-corrected chi connectivity index (χ3v) is 7.30. The fourth-order valence-corrected chi connectivity index (χ4v) is 5.42. The molecule has 0 atom stereocenters. The van der Waals surface area contributed by atoms with Crippen LogP contribution in [0.25, 0.3) is 22.3 Å². The summed E-state index contributed by atoms with van der Waals surface area (Å²) in [4.78, 5) is 2.32. The summed E-state index contributed by atoms with van der Waals surface area (Å²) in [7, 11) is 0. The smallest absolute Gasteiger partial charge is 0.151 e. The Labute approximate surface area is 226 Å². The van der Waals surface area contributed by atoms with Crippen LogP contribution in [-0.2, 0) is 12.8 Å². The minimum absolute atomic E-state index is 0.868. The number of para-hydroxylation sites is 4. The highest BCUT2D eigenvalue weighted by Gasteiger charge is 2.26. The van der Waals surface area contributed by atoms with Crippen molar-refractivity contribution in [1.29, 1.82) is 0 Å². The summed E-state index contributed by atoms with van der Waals surface area (Å²) >= 11 is 0. The zero-order valence-electron chi connectivity index (χ0n) is 22.2. The fourth-order valence-electron chi connectivity index (χ4n) is 5.42. The fraction of sp³-hybridized carbons (Fsp3) is 0.167. The third kappa shape index (κ3) is 4.59. The number of hydrogen-bond acceptors (Lipinski definition) is 2. The molecule has 2 heteroatoms. The second-order valence-electron chi connectivity index (χ2n) is 10.00. The van der Waals surface area contributed by atoms with Gasteiger partial charge in [-0.2, -0.15) is 0 Å². The van der Waals surface area contributed by atoms with E-state index in [4.69, 9.17) is 4.74 Å². The van der Waals surface area contributed by atoms with E-state index in [-0.39, 0.29) is 0 Å². The molecule has 0 N–H and O–H groups in total. The average molecular weight is 496 g/mol. The lowest BCUT2D eigenvalue weighted by Crippen LogP contribution is -2.15. The molecule has 188 valence electrons. The largest absolute Gasteiger partial charge is 0.453 e. The van der Waals surface area contributed by atoms with Gasteiger partial charge in [0.05, 0.1) is 11.4 Å². The van der Waals surface area contributed by atoms with E-state index in [0.717, 1.165) is 54.2 Å². The van der Waals surface area contributed by atoms with E-state index >= 15 is 0 Å². The summed E-state index contributed by atoms with van der Waals surface area (Å²) in [5.74, 6) is 1.74. The number of nitrogens with zero attached hydrogens (tertiary/aromatic N) is 1. The molecule has 0 amide bonds. The van der Waals surface area contributed by atoms with Gasteiger partial charge in [-0.3, -0.25) is 0 Å². The van der Waals surface area contributed by atoms with Crippen LogP contribution >= 0.6 is 0 Å². The molecule has 0 saturated heterocycles. The van der Waals surface area contributed by atoms with E-state index in [1.807, 2.05) is 24.3 Å². The van der Waals surface area contributed by atoms with Crippen molar-refractivity contribution in [1.82, 2.24) is 0 Å². The topological polar surface area (TPSA) is 12.5 Å². The van der Waals surface area contributed by atoms with E-state index in [0.29, 0.717) is 0 Å². The monoisotopic (exact) mass is 495 g/mol. The maximum Gasteiger partial charge on any atom is 0.151 e. The van der Waals surface area contributed by atoms with Crippen molar-refractivity contribution in [3.05, 3.63) is 126 Å². The Hall–Kier alpha value is -4.30. The molecule has 5 aromatic carbocycles. The molecular weight excluding hydrogens is 462 g/mol. The first-order valence-corrected chi connectivity index (χ1v) is 13.7. The third-order valence-electron chi connectivity index (χ3n) is 7.30. The van der Waals surface area contributed by atoms with Gasteiger partial charge >= 0.3 is 0 Å². The van der Waals surface area contributed by atoms with Crippen LogP contribution in [0.2, 0.25) is 0 Å². The van der Waals surface area contributed by atoms with Gasteiger partial charge in [0.25, 0.3) is 0 Å². The zero-order chi connectivity index (χ0) is 25.9. The van der Waals surface area contributed by atoms with Crippen molar-refractivity contribution in [3.63, 3.8) is 0 Å². The first kappa shape index (κ1) is 24.1. The minimum Gasteiger partial charge on any atom is -0.453 e. The number of hydrogen-bond donors (Lipinski definition) is 0. The van der Waals surface area contributed by atoms with Crippen LogP contribution in [-0.4, -0.2) is 0 Å². The molecule has 0 radical (unpaired) electrons. The molecular formula is C36H33NO. The van der Waals surface area contributed by atoms with E-state index in [1.54, 1.807) is 0 Å². The van der Waals surface area contributed by atoms with E-state index in [2.05, 4.69) is 110 Å². The van der Waals surface area contributed by atoms with Gasteiger partial charge in [-0.25, -0.2) is 0 Å². The van der Waals surface area contributed by atoms with Gasteiger partial charge in [0.15, 0.2) is 11.5 Å². The first-order chi connectivity index (χ1) is 18.7. The van der Waals surface area contributed by atoms with Gasteiger partial charge in [-0.1, -0.05) is 106 Å². The SMILES string of the molecule is CCCc1ccc(-c2ccc(N3c4ccccc4Oc4ccccc43)cc2-c2ccc(CCC)cc2)cc1. The summed E-state index contributed by atoms with van der Waals surface area (Å²) in [5, 5.41) is 0. The summed E-state index contributed by atoms with van der Waals surface area (Å²) in [5.41, 5.74) is 10.9. The first-order valence-electron chi connectivity index (χ1n) is 13.7. The molecule has 0 aromatic heterocycles. The van der Waals surface area contributed by atoms with Gasteiger partial charge in [-0.15, -0.1) is 0 Å². The molecule has 0 aliphatic carbocycles. The highest BCUT2D eigenvalue weighted by molar-refractivity contribution is 5.91.